The molecule has 7 heteroatoms. The van der Waals surface area contributed by atoms with Crippen LogP contribution in [0.25, 0.3) is 22.5 Å². The van der Waals surface area contributed by atoms with Crippen LogP contribution < -0.4 is 0 Å². The van der Waals surface area contributed by atoms with Crippen molar-refractivity contribution in [1.82, 2.24) is 35.4 Å². The number of H-pyrrole nitrogens is 1. The van der Waals surface area contributed by atoms with Crippen molar-refractivity contribution in [3.63, 3.8) is 0 Å². The van der Waals surface area contributed by atoms with Crippen molar-refractivity contribution in [2.45, 2.75) is 53.0 Å². The summed E-state index contributed by atoms with van der Waals surface area (Å²) in [6, 6.07) is 16.8. The first-order chi connectivity index (χ1) is 15.1. The summed E-state index contributed by atoms with van der Waals surface area (Å²) in [5.74, 6) is 3.14. The lowest BCUT2D eigenvalue weighted by Gasteiger charge is -2.09. The van der Waals surface area contributed by atoms with Gasteiger partial charge in [-0.25, -0.2) is 9.67 Å². The van der Waals surface area contributed by atoms with Crippen LogP contribution in [0.15, 0.2) is 48.5 Å². The largest absolute Gasteiger partial charge is 0.249 e. The van der Waals surface area contributed by atoms with Crippen molar-refractivity contribution >= 4 is 0 Å². The number of hydrogen-bond donors (Lipinski definition) is 1. The lowest BCUT2D eigenvalue weighted by Crippen LogP contribution is -2.06. The number of nitrogens with one attached hydrogen (secondary N) is 1. The standard InChI is InChI=1S/C24H29N7/c1-4-5-14-31-23(25-22(28-31)15-17(2)3)16-18-10-12-19(13-11-18)20-8-6-7-9-21(20)24-26-29-30-27-24/h6-13,17H,4-5,14-16H2,1-3H3,(H,26,27,29,30). The highest BCUT2D eigenvalue weighted by molar-refractivity contribution is 5.80. The van der Waals surface area contributed by atoms with Crippen LogP contribution in [0.3, 0.4) is 0 Å². The third-order valence-electron chi connectivity index (χ3n) is 5.25. The van der Waals surface area contributed by atoms with E-state index in [0.29, 0.717) is 11.7 Å². The van der Waals surface area contributed by atoms with Gasteiger partial charge in [0, 0.05) is 24.9 Å². The highest BCUT2D eigenvalue weighted by atomic mass is 15.5. The predicted molar refractivity (Wildman–Crippen MR) is 121 cm³/mol. The molecule has 0 saturated carbocycles. The number of unbranched alkanes of at least 4 members (excludes halogenated alkanes) is 1. The second-order valence-corrected chi connectivity index (χ2v) is 8.27. The smallest absolute Gasteiger partial charge is 0.205 e. The molecule has 0 atom stereocenters. The Morgan fingerprint density at radius 3 is 2.45 bits per heavy atom. The highest BCUT2D eigenvalue weighted by Gasteiger charge is 2.13. The van der Waals surface area contributed by atoms with Crippen LogP contribution in [-0.4, -0.2) is 35.4 Å². The minimum atomic E-state index is 0.549. The van der Waals surface area contributed by atoms with E-state index >= 15 is 0 Å². The fourth-order valence-electron chi connectivity index (χ4n) is 3.69. The average Bonchev–Trinajstić information content (AvgIpc) is 3.43. The molecule has 0 aliphatic carbocycles. The maximum Gasteiger partial charge on any atom is 0.205 e. The zero-order valence-corrected chi connectivity index (χ0v) is 18.4. The van der Waals surface area contributed by atoms with E-state index in [1.165, 1.54) is 5.56 Å². The zero-order valence-electron chi connectivity index (χ0n) is 18.4. The molecule has 0 unspecified atom stereocenters. The molecule has 2 aromatic carbocycles. The molecule has 0 saturated heterocycles. The number of aromatic amines is 1. The number of rotatable bonds is 9. The topological polar surface area (TPSA) is 85.2 Å². The molecular weight excluding hydrogens is 386 g/mol. The van der Waals surface area contributed by atoms with Crippen molar-refractivity contribution in [2.75, 3.05) is 0 Å². The summed E-state index contributed by atoms with van der Waals surface area (Å²) in [5.41, 5.74) is 4.39. The molecule has 1 N–H and O–H groups in total. The molecule has 0 aliphatic heterocycles. The van der Waals surface area contributed by atoms with Crippen LogP contribution in [0.2, 0.25) is 0 Å². The Kier molecular flexibility index (Phi) is 6.50. The lowest BCUT2D eigenvalue weighted by molar-refractivity contribution is 0.538. The minimum Gasteiger partial charge on any atom is -0.249 e. The van der Waals surface area contributed by atoms with Gasteiger partial charge in [-0.1, -0.05) is 75.7 Å². The molecule has 4 rings (SSSR count). The molecule has 160 valence electrons. The van der Waals surface area contributed by atoms with Gasteiger partial charge in [0.15, 0.2) is 5.82 Å². The van der Waals surface area contributed by atoms with Crippen molar-refractivity contribution in [1.29, 1.82) is 0 Å². The number of aromatic nitrogens is 7. The number of benzene rings is 2. The Balaban J connectivity index is 1.57. The summed E-state index contributed by atoms with van der Waals surface area (Å²) in [4.78, 5) is 4.85. The molecule has 0 bridgehead atoms. The van der Waals surface area contributed by atoms with Gasteiger partial charge in [0.05, 0.1) is 0 Å². The van der Waals surface area contributed by atoms with Gasteiger partial charge in [-0.05, 0) is 34.2 Å². The summed E-state index contributed by atoms with van der Waals surface area (Å²) in [5, 5.41) is 19.3. The summed E-state index contributed by atoms with van der Waals surface area (Å²) >= 11 is 0. The van der Waals surface area contributed by atoms with Gasteiger partial charge in [0.25, 0.3) is 0 Å². The Hall–Kier alpha value is -3.35. The molecule has 2 heterocycles. The first-order valence-electron chi connectivity index (χ1n) is 11.0. The van der Waals surface area contributed by atoms with E-state index in [4.69, 9.17) is 10.1 Å². The summed E-state index contributed by atoms with van der Waals surface area (Å²) < 4.78 is 2.10. The normalized spacial score (nSPS) is 11.4. The van der Waals surface area contributed by atoms with E-state index in [0.717, 1.165) is 60.6 Å². The maximum atomic E-state index is 4.85. The molecule has 7 nitrogen and oxygen atoms in total. The monoisotopic (exact) mass is 415 g/mol. The maximum absolute atomic E-state index is 4.85. The molecule has 31 heavy (non-hydrogen) atoms. The molecule has 2 aromatic heterocycles. The molecule has 0 aliphatic rings. The zero-order chi connectivity index (χ0) is 21.6. The quantitative estimate of drug-likeness (QED) is 0.428. The van der Waals surface area contributed by atoms with Crippen LogP contribution in [0.4, 0.5) is 0 Å². The van der Waals surface area contributed by atoms with Gasteiger partial charge in [0.1, 0.15) is 5.82 Å². The first kappa shape index (κ1) is 20.9. The van der Waals surface area contributed by atoms with Crippen LogP contribution in [0.5, 0.6) is 0 Å². The van der Waals surface area contributed by atoms with E-state index in [1.54, 1.807) is 0 Å². The highest BCUT2D eigenvalue weighted by Crippen LogP contribution is 2.30. The molecule has 0 amide bonds. The second-order valence-electron chi connectivity index (χ2n) is 8.27. The molecule has 0 fully saturated rings. The van der Waals surface area contributed by atoms with Crippen LogP contribution in [0.1, 0.15) is 50.8 Å². The van der Waals surface area contributed by atoms with Crippen LogP contribution in [0, 0.1) is 5.92 Å². The average molecular weight is 416 g/mol. The summed E-state index contributed by atoms with van der Waals surface area (Å²) in [6.07, 6.45) is 3.95. The number of nitrogens with zero attached hydrogens (tertiary/aromatic N) is 6. The van der Waals surface area contributed by atoms with Crippen LogP contribution in [-0.2, 0) is 19.4 Å². The molecule has 0 spiro atoms. The fraction of sp³-hybridized carbons (Fsp3) is 0.375. The van der Waals surface area contributed by atoms with Gasteiger partial charge in [0.2, 0.25) is 5.82 Å². The predicted octanol–water partition coefficient (Wildman–Crippen LogP) is 4.71. The molecule has 0 radical (unpaired) electrons. The number of tetrazole rings is 1. The van der Waals surface area contributed by atoms with Gasteiger partial charge >= 0.3 is 0 Å². The van der Waals surface area contributed by atoms with E-state index in [-0.39, 0.29) is 0 Å². The Labute approximate surface area is 182 Å². The van der Waals surface area contributed by atoms with Crippen molar-refractivity contribution in [2.24, 2.45) is 5.92 Å². The fourth-order valence-corrected chi connectivity index (χ4v) is 3.69. The van der Waals surface area contributed by atoms with E-state index in [2.05, 4.69) is 76.4 Å². The van der Waals surface area contributed by atoms with Gasteiger partial charge in [-0.2, -0.15) is 10.3 Å². The summed E-state index contributed by atoms with van der Waals surface area (Å²) in [7, 11) is 0. The van der Waals surface area contributed by atoms with Gasteiger partial charge in [-0.3, -0.25) is 0 Å². The van der Waals surface area contributed by atoms with Crippen LogP contribution >= 0.6 is 0 Å². The van der Waals surface area contributed by atoms with Crippen molar-refractivity contribution in [3.8, 4) is 22.5 Å². The third-order valence-corrected chi connectivity index (χ3v) is 5.25. The Bertz CT molecular complexity index is 1100. The molecule has 4 aromatic rings. The molecular formula is C24H29N7. The number of aryl methyl sites for hydroxylation is 1. The minimum absolute atomic E-state index is 0.549. The van der Waals surface area contributed by atoms with E-state index < -0.39 is 0 Å². The second kappa shape index (κ2) is 9.64. The van der Waals surface area contributed by atoms with Gasteiger partial charge in [-0.15, -0.1) is 10.2 Å². The van der Waals surface area contributed by atoms with E-state index in [1.807, 2.05) is 18.2 Å². The third kappa shape index (κ3) is 5.05. The van der Waals surface area contributed by atoms with E-state index in [9.17, 15) is 0 Å². The van der Waals surface area contributed by atoms with Gasteiger partial charge < -0.3 is 0 Å². The summed E-state index contributed by atoms with van der Waals surface area (Å²) in [6.45, 7) is 7.54. The first-order valence-corrected chi connectivity index (χ1v) is 11.0. The van der Waals surface area contributed by atoms with Crippen molar-refractivity contribution in [3.05, 3.63) is 65.7 Å². The lowest BCUT2D eigenvalue weighted by atomic mass is 9.98. The van der Waals surface area contributed by atoms with Crippen molar-refractivity contribution < 1.29 is 0 Å². The Morgan fingerprint density at radius 1 is 1.00 bits per heavy atom. The number of hydrogen-bond acceptors (Lipinski definition) is 5. The SMILES string of the molecule is CCCCn1nc(CC(C)C)nc1Cc1ccc(-c2ccccc2-c2nn[nH]n2)cc1. The Morgan fingerprint density at radius 2 is 1.77 bits per heavy atom.